The molecule has 0 aliphatic heterocycles. The summed E-state index contributed by atoms with van der Waals surface area (Å²) < 4.78 is 5.06. The van der Waals surface area contributed by atoms with Gasteiger partial charge in [-0.1, -0.05) is 6.92 Å². The molecule has 18 heavy (non-hydrogen) atoms. The van der Waals surface area contributed by atoms with Crippen LogP contribution in [0.2, 0.25) is 0 Å². The van der Waals surface area contributed by atoms with Crippen LogP contribution in [0.15, 0.2) is 0 Å². The highest BCUT2D eigenvalue weighted by molar-refractivity contribution is 5.75. The fraction of sp³-hybridized carbons (Fsp3) is 0.923. The maximum atomic E-state index is 11.7. The minimum Gasteiger partial charge on any atom is -0.465 e. The number of hydrogen-bond acceptors (Lipinski definition) is 5. The van der Waals surface area contributed by atoms with Crippen LogP contribution in [-0.2, 0) is 9.53 Å². The van der Waals surface area contributed by atoms with Crippen molar-refractivity contribution in [2.75, 3.05) is 53.9 Å². The fourth-order valence-electron chi connectivity index (χ4n) is 1.62. The molecular weight excluding hydrogens is 230 g/mol. The molecule has 1 unspecified atom stereocenters. The number of hydrogen-bond donors (Lipinski definition) is 1. The van der Waals surface area contributed by atoms with Crippen LogP contribution >= 0.6 is 0 Å². The molecule has 0 heterocycles. The van der Waals surface area contributed by atoms with Gasteiger partial charge in [-0.05, 0) is 47.6 Å². The predicted molar refractivity (Wildman–Crippen MR) is 74.8 cm³/mol. The van der Waals surface area contributed by atoms with E-state index in [2.05, 4.69) is 36.3 Å². The van der Waals surface area contributed by atoms with Crippen molar-refractivity contribution in [1.29, 1.82) is 0 Å². The third-order valence-corrected chi connectivity index (χ3v) is 2.75. The van der Waals surface area contributed by atoms with Crippen LogP contribution in [0, 0.1) is 0 Å². The van der Waals surface area contributed by atoms with Gasteiger partial charge in [0.1, 0.15) is 6.04 Å². The SMILES string of the molecule is CCNC(CCN(C)CCN(C)C)C(=O)OCC. The summed E-state index contributed by atoms with van der Waals surface area (Å²) in [4.78, 5) is 16.1. The van der Waals surface area contributed by atoms with Crippen molar-refractivity contribution in [3.63, 3.8) is 0 Å². The zero-order valence-corrected chi connectivity index (χ0v) is 12.5. The van der Waals surface area contributed by atoms with Crippen LogP contribution < -0.4 is 5.32 Å². The molecular formula is C13H29N3O2. The largest absolute Gasteiger partial charge is 0.465 e. The molecule has 5 nitrogen and oxygen atoms in total. The smallest absolute Gasteiger partial charge is 0.323 e. The summed E-state index contributed by atoms with van der Waals surface area (Å²) in [7, 11) is 6.21. The molecule has 0 aromatic carbocycles. The Morgan fingerprint density at radius 2 is 1.83 bits per heavy atom. The minimum atomic E-state index is -0.184. The van der Waals surface area contributed by atoms with Gasteiger partial charge in [-0.25, -0.2) is 0 Å². The molecule has 0 aliphatic rings. The van der Waals surface area contributed by atoms with Crippen LogP contribution in [0.1, 0.15) is 20.3 Å². The van der Waals surface area contributed by atoms with Gasteiger partial charge >= 0.3 is 5.97 Å². The molecule has 0 saturated heterocycles. The fourth-order valence-corrected chi connectivity index (χ4v) is 1.62. The van der Waals surface area contributed by atoms with Crippen LogP contribution in [0.3, 0.4) is 0 Å². The van der Waals surface area contributed by atoms with E-state index in [1.165, 1.54) is 0 Å². The molecule has 0 saturated carbocycles. The van der Waals surface area contributed by atoms with Crippen molar-refractivity contribution >= 4 is 5.97 Å². The Hall–Kier alpha value is -0.650. The zero-order chi connectivity index (χ0) is 14.0. The molecule has 5 heteroatoms. The molecule has 0 aliphatic carbocycles. The van der Waals surface area contributed by atoms with E-state index < -0.39 is 0 Å². The van der Waals surface area contributed by atoms with Crippen molar-refractivity contribution in [1.82, 2.24) is 15.1 Å². The van der Waals surface area contributed by atoms with Crippen LogP contribution in [-0.4, -0.2) is 75.7 Å². The Bertz CT molecular complexity index is 222. The summed E-state index contributed by atoms with van der Waals surface area (Å²) in [6.07, 6.45) is 0.788. The first-order valence-electron chi connectivity index (χ1n) is 6.74. The summed E-state index contributed by atoms with van der Waals surface area (Å²) in [5, 5.41) is 3.18. The normalized spacial score (nSPS) is 13.1. The Morgan fingerprint density at radius 1 is 1.17 bits per heavy atom. The molecule has 1 atom stereocenters. The molecule has 0 bridgehead atoms. The molecule has 0 aromatic heterocycles. The van der Waals surface area contributed by atoms with E-state index in [0.717, 1.165) is 32.6 Å². The van der Waals surface area contributed by atoms with Gasteiger partial charge in [0, 0.05) is 13.1 Å². The Kier molecular flexibility index (Phi) is 9.92. The lowest BCUT2D eigenvalue weighted by atomic mass is 10.2. The molecule has 108 valence electrons. The average Bonchev–Trinajstić information content (AvgIpc) is 2.32. The van der Waals surface area contributed by atoms with Crippen LogP contribution in [0.5, 0.6) is 0 Å². The zero-order valence-electron chi connectivity index (χ0n) is 12.5. The Morgan fingerprint density at radius 3 is 2.33 bits per heavy atom. The topological polar surface area (TPSA) is 44.8 Å². The van der Waals surface area contributed by atoms with E-state index in [4.69, 9.17) is 4.74 Å². The van der Waals surface area contributed by atoms with Crippen LogP contribution in [0.25, 0.3) is 0 Å². The number of carbonyl (C=O) groups is 1. The standard InChI is InChI=1S/C13H29N3O2/c1-6-14-12(13(17)18-7-2)8-9-16(5)11-10-15(3)4/h12,14H,6-11H2,1-5H3. The van der Waals surface area contributed by atoms with Gasteiger partial charge in [0.15, 0.2) is 0 Å². The molecule has 0 aromatic rings. The number of rotatable bonds is 10. The highest BCUT2D eigenvalue weighted by Gasteiger charge is 2.18. The highest BCUT2D eigenvalue weighted by atomic mass is 16.5. The number of likely N-dealkylation sites (N-methyl/N-ethyl adjacent to an activating group) is 3. The van der Waals surface area contributed by atoms with Crippen molar-refractivity contribution in [2.45, 2.75) is 26.3 Å². The van der Waals surface area contributed by atoms with E-state index in [0.29, 0.717) is 6.61 Å². The van der Waals surface area contributed by atoms with E-state index in [1.807, 2.05) is 13.8 Å². The second kappa shape index (κ2) is 10.3. The van der Waals surface area contributed by atoms with Crippen molar-refractivity contribution in [3.05, 3.63) is 0 Å². The molecule has 0 spiro atoms. The van der Waals surface area contributed by atoms with E-state index in [-0.39, 0.29) is 12.0 Å². The maximum Gasteiger partial charge on any atom is 0.323 e. The number of nitrogens with one attached hydrogen (secondary N) is 1. The van der Waals surface area contributed by atoms with Crippen molar-refractivity contribution in [2.24, 2.45) is 0 Å². The summed E-state index contributed by atoms with van der Waals surface area (Å²) >= 11 is 0. The maximum absolute atomic E-state index is 11.7. The van der Waals surface area contributed by atoms with Gasteiger partial charge in [-0.3, -0.25) is 4.79 Å². The van der Waals surface area contributed by atoms with E-state index in [9.17, 15) is 4.79 Å². The number of nitrogens with zero attached hydrogens (tertiary/aromatic N) is 2. The molecule has 0 amide bonds. The van der Waals surface area contributed by atoms with E-state index in [1.54, 1.807) is 0 Å². The lowest BCUT2D eigenvalue weighted by Crippen LogP contribution is -2.41. The van der Waals surface area contributed by atoms with Gasteiger partial charge in [-0.2, -0.15) is 0 Å². The molecule has 1 N–H and O–H groups in total. The predicted octanol–water partition coefficient (Wildman–Crippen LogP) is 0.411. The molecule has 0 radical (unpaired) electrons. The first kappa shape index (κ1) is 17.4. The lowest BCUT2D eigenvalue weighted by Gasteiger charge is -2.22. The first-order valence-corrected chi connectivity index (χ1v) is 6.74. The second-order valence-corrected chi connectivity index (χ2v) is 4.76. The summed E-state index contributed by atoms with van der Waals surface area (Å²) in [6, 6.07) is -0.184. The van der Waals surface area contributed by atoms with Crippen molar-refractivity contribution < 1.29 is 9.53 Å². The summed E-state index contributed by atoms with van der Waals surface area (Å²) in [5.74, 6) is -0.139. The molecule has 0 rings (SSSR count). The van der Waals surface area contributed by atoms with Gasteiger partial charge in [-0.15, -0.1) is 0 Å². The average molecular weight is 259 g/mol. The lowest BCUT2D eigenvalue weighted by molar-refractivity contribution is -0.145. The van der Waals surface area contributed by atoms with Crippen LogP contribution in [0.4, 0.5) is 0 Å². The summed E-state index contributed by atoms with van der Waals surface area (Å²) in [6.45, 7) is 7.99. The number of ether oxygens (including phenoxy) is 1. The monoisotopic (exact) mass is 259 g/mol. The Labute approximate surface area is 111 Å². The van der Waals surface area contributed by atoms with E-state index >= 15 is 0 Å². The third-order valence-electron chi connectivity index (χ3n) is 2.75. The van der Waals surface area contributed by atoms with Gasteiger partial charge in [0.2, 0.25) is 0 Å². The minimum absolute atomic E-state index is 0.139. The van der Waals surface area contributed by atoms with Gasteiger partial charge in [0.25, 0.3) is 0 Å². The van der Waals surface area contributed by atoms with Crippen molar-refractivity contribution in [3.8, 4) is 0 Å². The quantitative estimate of drug-likeness (QED) is 0.576. The number of carbonyl (C=O) groups excluding carboxylic acids is 1. The number of esters is 1. The van der Waals surface area contributed by atoms with Gasteiger partial charge in [0.05, 0.1) is 6.61 Å². The third kappa shape index (κ3) is 8.44. The highest BCUT2D eigenvalue weighted by Crippen LogP contribution is 1.98. The first-order chi connectivity index (χ1) is 8.51. The second-order valence-electron chi connectivity index (χ2n) is 4.76. The summed E-state index contributed by atoms with van der Waals surface area (Å²) in [5.41, 5.74) is 0. The van der Waals surface area contributed by atoms with Gasteiger partial charge < -0.3 is 19.9 Å². The molecule has 0 fully saturated rings. The Balaban J connectivity index is 3.98.